The number of ether oxygens (including phenoxy) is 2. The van der Waals surface area contributed by atoms with Gasteiger partial charge in [0.15, 0.2) is 6.10 Å². The van der Waals surface area contributed by atoms with Crippen molar-refractivity contribution < 1.29 is 19.1 Å². The van der Waals surface area contributed by atoms with Gasteiger partial charge in [0.1, 0.15) is 6.61 Å². The minimum absolute atomic E-state index is 0.0225. The molecule has 1 radical (unpaired) electrons. The Bertz CT molecular complexity index is 1360. The van der Waals surface area contributed by atoms with Crippen molar-refractivity contribution in [2.75, 3.05) is 6.61 Å². The minimum Gasteiger partial charge on any atom is -0.461 e. The van der Waals surface area contributed by atoms with Crippen molar-refractivity contribution in [3.05, 3.63) is 119 Å². The molecule has 0 N–H and O–H groups in total. The number of hydrogen-bond donors (Lipinski definition) is 0. The van der Waals surface area contributed by atoms with E-state index in [-0.39, 0.29) is 12.5 Å². The lowest BCUT2D eigenvalue weighted by molar-refractivity contribution is 0.0489. The Kier molecular flexibility index (Phi) is 4.58. The first-order valence-electron chi connectivity index (χ1n) is 10.9. The van der Waals surface area contributed by atoms with Crippen molar-refractivity contribution in [1.82, 2.24) is 0 Å². The molecule has 2 aliphatic carbocycles. The smallest absolute Gasteiger partial charge is 0.418 e. The van der Waals surface area contributed by atoms with E-state index < -0.39 is 12.1 Å². The lowest BCUT2D eigenvalue weighted by atomic mass is 9.97. The van der Waals surface area contributed by atoms with Gasteiger partial charge in [0, 0.05) is 17.0 Å². The largest absolute Gasteiger partial charge is 0.461 e. The second kappa shape index (κ2) is 7.75. The molecule has 2 aliphatic rings. The molecule has 6 rings (SSSR count). The Morgan fingerprint density at radius 3 is 1.88 bits per heavy atom. The molecule has 0 aromatic heterocycles. The van der Waals surface area contributed by atoms with Gasteiger partial charge in [-0.3, -0.25) is 0 Å². The Hall–Kier alpha value is -4.18. The molecule has 0 spiro atoms. The molecule has 0 aliphatic heterocycles. The Morgan fingerprint density at radius 2 is 1.24 bits per heavy atom. The van der Waals surface area contributed by atoms with E-state index in [1.165, 1.54) is 11.1 Å². The highest BCUT2D eigenvalue weighted by atomic mass is 16.5. The highest BCUT2D eigenvalue weighted by Crippen LogP contribution is 2.47. The minimum atomic E-state index is -0.676. The van der Waals surface area contributed by atoms with E-state index in [9.17, 15) is 9.59 Å². The van der Waals surface area contributed by atoms with Gasteiger partial charge in [0.25, 0.3) is 0 Å². The first kappa shape index (κ1) is 19.5. The first-order chi connectivity index (χ1) is 16.3. The molecule has 0 bridgehead atoms. The summed E-state index contributed by atoms with van der Waals surface area (Å²) in [5, 5.41) is 0. The van der Waals surface area contributed by atoms with E-state index in [0.29, 0.717) is 11.1 Å². The van der Waals surface area contributed by atoms with Gasteiger partial charge in [0.05, 0.1) is 5.56 Å². The van der Waals surface area contributed by atoms with Crippen LogP contribution in [0.2, 0.25) is 0 Å². The summed E-state index contributed by atoms with van der Waals surface area (Å²) >= 11 is 0. The predicted molar refractivity (Wildman–Crippen MR) is 125 cm³/mol. The van der Waals surface area contributed by atoms with E-state index in [1.54, 1.807) is 12.5 Å². The van der Waals surface area contributed by atoms with Crippen molar-refractivity contribution in [3.63, 3.8) is 0 Å². The van der Waals surface area contributed by atoms with Gasteiger partial charge in [0.2, 0.25) is 0 Å². The summed E-state index contributed by atoms with van der Waals surface area (Å²) in [6.45, 7) is 1.79. The molecule has 0 amide bonds. The Balaban J connectivity index is 1.33. The highest BCUT2D eigenvalue weighted by molar-refractivity contribution is 5.96. The average Bonchev–Trinajstić information content (AvgIpc) is 3.36. The van der Waals surface area contributed by atoms with Crippen LogP contribution in [0.5, 0.6) is 0 Å². The van der Waals surface area contributed by atoms with Crippen LogP contribution in [-0.4, -0.2) is 19.0 Å². The molecule has 33 heavy (non-hydrogen) atoms. The van der Waals surface area contributed by atoms with Crippen molar-refractivity contribution >= 4 is 12.4 Å². The van der Waals surface area contributed by atoms with Gasteiger partial charge in [-0.15, -0.1) is 0 Å². The Morgan fingerprint density at radius 1 is 0.697 bits per heavy atom. The van der Waals surface area contributed by atoms with Gasteiger partial charge in [-0.25, -0.2) is 9.59 Å². The second-order valence-corrected chi connectivity index (χ2v) is 8.26. The van der Waals surface area contributed by atoms with Gasteiger partial charge in [-0.1, -0.05) is 84.9 Å². The molecule has 159 valence electrons. The van der Waals surface area contributed by atoms with Crippen molar-refractivity contribution in [2.24, 2.45) is 0 Å². The number of carbonyl (C=O) groups excluding carboxylic acids is 2. The molecule has 0 heterocycles. The summed E-state index contributed by atoms with van der Waals surface area (Å²) < 4.78 is 11.2. The summed E-state index contributed by atoms with van der Waals surface area (Å²) in [6, 6.07) is 29.6. The van der Waals surface area contributed by atoms with E-state index in [0.717, 1.165) is 27.8 Å². The highest BCUT2D eigenvalue weighted by Gasteiger charge is 2.35. The monoisotopic (exact) mass is 431 g/mol. The van der Waals surface area contributed by atoms with Crippen molar-refractivity contribution in [3.8, 4) is 22.3 Å². The third-order valence-electron chi connectivity index (χ3n) is 6.63. The maximum absolute atomic E-state index is 13.3. The molecular formula is C29H19O4. The molecule has 1 unspecified atom stereocenters. The van der Waals surface area contributed by atoms with Crippen LogP contribution in [0.1, 0.15) is 44.6 Å². The average molecular weight is 431 g/mol. The van der Waals surface area contributed by atoms with Crippen LogP contribution in [-0.2, 0) is 14.3 Å². The van der Waals surface area contributed by atoms with Crippen LogP contribution < -0.4 is 0 Å². The zero-order valence-electron chi connectivity index (χ0n) is 17.7. The predicted octanol–water partition coefficient (Wildman–Crippen LogP) is 5.81. The number of esters is 1. The maximum atomic E-state index is 13.3. The normalized spacial score (nSPS) is 15.2. The van der Waals surface area contributed by atoms with Gasteiger partial charge in [-0.2, -0.15) is 0 Å². The first-order valence-corrected chi connectivity index (χ1v) is 10.9. The molecule has 4 aromatic carbocycles. The zero-order valence-corrected chi connectivity index (χ0v) is 17.7. The lowest BCUT2D eigenvalue weighted by Gasteiger charge is -2.17. The Labute approximate surface area is 191 Å². The van der Waals surface area contributed by atoms with Gasteiger partial charge in [-0.05, 0) is 39.4 Å². The standard InChI is InChI=1S/C29H19O4/c30-17-33-28-24-13-6-5-12-22(24)23-14-7-15-25(27(23)28)29(31)32-16-26-20-10-3-1-8-18(20)19-9-2-4-11-21(19)26/h1-15,26,28H,16H2. The van der Waals surface area contributed by atoms with E-state index in [4.69, 9.17) is 9.47 Å². The molecule has 4 heteroatoms. The number of fused-ring (bicyclic) bond motifs is 6. The van der Waals surface area contributed by atoms with E-state index in [1.807, 2.05) is 60.7 Å². The van der Waals surface area contributed by atoms with E-state index >= 15 is 0 Å². The summed E-state index contributed by atoms with van der Waals surface area (Å²) in [7, 11) is 0. The van der Waals surface area contributed by atoms with Crippen LogP contribution in [0.15, 0.2) is 91.0 Å². The van der Waals surface area contributed by atoms with Crippen LogP contribution in [0.4, 0.5) is 0 Å². The third kappa shape index (κ3) is 2.99. The molecule has 0 fully saturated rings. The number of benzene rings is 4. The fourth-order valence-corrected chi connectivity index (χ4v) is 5.23. The quantitative estimate of drug-likeness (QED) is 0.374. The van der Waals surface area contributed by atoms with E-state index in [2.05, 4.69) is 24.3 Å². The van der Waals surface area contributed by atoms with Crippen LogP contribution >= 0.6 is 0 Å². The second-order valence-electron chi connectivity index (χ2n) is 8.26. The van der Waals surface area contributed by atoms with Crippen LogP contribution in [0, 0.1) is 0 Å². The molecular weight excluding hydrogens is 412 g/mol. The number of rotatable bonds is 5. The zero-order chi connectivity index (χ0) is 22.4. The molecule has 0 saturated heterocycles. The fourth-order valence-electron chi connectivity index (χ4n) is 5.23. The topological polar surface area (TPSA) is 52.6 Å². The summed E-state index contributed by atoms with van der Waals surface area (Å²) in [4.78, 5) is 24.4. The lowest BCUT2D eigenvalue weighted by Crippen LogP contribution is -2.15. The molecule has 0 saturated carbocycles. The molecule has 4 aromatic rings. The molecule has 4 nitrogen and oxygen atoms in total. The fraction of sp³-hybridized carbons (Fsp3) is 0.103. The summed E-state index contributed by atoms with van der Waals surface area (Å²) in [5.41, 5.74) is 8.40. The third-order valence-corrected chi connectivity index (χ3v) is 6.63. The van der Waals surface area contributed by atoms with Gasteiger partial charge < -0.3 is 9.47 Å². The summed E-state index contributed by atoms with van der Waals surface area (Å²) in [5.74, 6) is -0.452. The SMILES string of the molecule is O=[C]OC1c2ccccc2-c2cccc(C(=O)OCC3c4ccccc4-c4ccccc43)c21. The van der Waals surface area contributed by atoms with Gasteiger partial charge >= 0.3 is 12.4 Å². The number of carbonyl (C=O) groups is 1. The summed E-state index contributed by atoms with van der Waals surface area (Å²) in [6.07, 6.45) is -0.676. The van der Waals surface area contributed by atoms with Crippen LogP contribution in [0.25, 0.3) is 22.3 Å². The van der Waals surface area contributed by atoms with Crippen molar-refractivity contribution in [1.29, 1.82) is 0 Å². The van der Waals surface area contributed by atoms with Crippen molar-refractivity contribution in [2.45, 2.75) is 12.0 Å². The number of hydrogen-bond acceptors (Lipinski definition) is 4. The van der Waals surface area contributed by atoms with Crippen LogP contribution in [0.3, 0.4) is 0 Å². The molecule has 1 atom stereocenters. The maximum Gasteiger partial charge on any atom is 0.418 e.